The molecule has 36 heavy (non-hydrogen) atoms. The van der Waals surface area contributed by atoms with E-state index in [2.05, 4.69) is 20.8 Å². The quantitative estimate of drug-likeness (QED) is 0.371. The average Bonchev–Trinajstić information content (AvgIpc) is 3.39. The van der Waals surface area contributed by atoms with Crippen LogP contribution in [0.3, 0.4) is 0 Å². The third-order valence-corrected chi connectivity index (χ3v) is 5.90. The average molecular weight is 484 g/mol. The van der Waals surface area contributed by atoms with E-state index >= 15 is 0 Å². The van der Waals surface area contributed by atoms with Gasteiger partial charge in [0.05, 0.1) is 12.7 Å². The Morgan fingerprint density at radius 3 is 2.36 bits per heavy atom. The van der Waals surface area contributed by atoms with Crippen LogP contribution in [0.25, 0.3) is 0 Å². The second-order valence-electron chi connectivity index (χ2n) is 8.25. The highest BCUT2D eigenvalue weighted by Crippen LogP contribution is 2.40. The molecule has 0 aliphatic carbocycles. The maximum Gasteiger partial charge on any atom is 0.338 e. The fourth-order valence-electron chi connectivity index (χ4n) is 4.09. The Balaban J connectivity index is 1.51. The number of aromatic nitrogens is 4. The van der Waals surface area contributed by atoms with E-state index < -0.39 is 12.0 Å². The van der Waals surface area contributed by atoms with Gasteiger partial charge in [-0.15, -0.1) is 0 Å². The summed E-state index contributed by atoms with van der Waals surface area (Å²) < 4.78 is 19.0. The molecule has 0 spiro atoms. The molecule has 0 amide bonds. The lowest BCUT2D eigenvalue weighted by Crippen LogP contribution is -2.30. The van der Waals surface area contributed by atoms with Crippen molar-refractivity contribution >= 4 is 11.9 Å². The molecule has 1 atom stereocenters. The van der Waals surface area contributed by atoms with Gasteiger partial charge in [-0.3, -0.25) is 0 Å². The van der Waals surface area contributed by atoms with Crippen LogP contribution in [-0.4, -0.2) is 33.3 Å². The number of methoxy groups -OCH3 is 1. The van der Waals surface area contributed by atoms with Gasteiger partial charge in [-0.05, 0) is 40.6 Å². The molecule has 4 aromatic rings. The third kappa shape index (κ3) is 4.76. The zero-order valence-corrected chi connectivity index (χ0v) is 19.9. The van der Waals surface area contributed by atoms with Crippen molar-refractivity contribution in [3.63, 3.8) is 0 Å². The monoisotopic (exact) mass is 483 g/mol. The Kier molecular flexibility index (Phi) is 6.61. The van der Waals surface area contributed by atoms with E-state index in [0.717, 1.165) is 11.1 Å². The zero-order chi connectivity index (χ0) is 24.9. The maximum absolute atomic E-state index is 13.4. The first-order valence-electron chi connectivity index (χ1n) is 11.5. The molecule has 1 N–H and O–H groups in total. The summed E-state index contributed by atoms with van der Waals surface area (Å²) in [7, 11) is 1.59. The number of allylic oxidation sites excluding steroid dienone is 1. The number of hydrogen-bond donors (Lipinski definition) is 1. The Morgan fingerprint density at radius 2 is 1.67 bits per heavy atom. The fourth-order valence-corrected chi connectivity index (χ4v) is 4.09. The number of tetrazole rings is 1. The highest BCUT2D eigenvalue weighted by atomic mass is 16.5. The summed E-state index contributed by atoms with van der Waals surface area (Å²) in [6.45, 7) is 2.29. The van der Waals surface area contributed by atoms with Crippen molar-refractivity contribution in [3.8, 4) is 11.5 Å². The van der Waals surface area contributed by atoms with Crippen molar-refractivity contribution in [2.45, 2.75) is 26.2 Å². The number of carbonyl (C=O) groups is 1. The molecular formula is C27H25N5O4. The van der Waals surface area contributed by atoms with E-state index in [9.17, 15) is 4.79 Å². The second kappa shape index (κ2) is 10.3. The molecule has 182 valence electrons. The van der Waals surface area contributed by atoms with Gasteiger partial charge >= 0.3 is 5.97 Å². The molecule has 0 radical (unpaired) electrons. The third-order valence-electron chi connectivity index (χ3n) is 5.90. The van der Waals surface area contributed by atoms with Gasteiger partial charge in [0, 0.05) is 17.3 Å². The molecule has 3 aromatic carbocycles. The molecule has 1 aliphatic rings. The summed E-state index contributed by atoms with van der Waals surface area (Å²) in [5, 5.41) is 15.2. The van der Waals surface area contributed by atoms with Gasteiger partial charge in [0.25, 0.3) is 0 Å². The molecule has 0 saturated carbocycles. The molecule has 1 aliphatic heterocycles. The SMILES string of the molecule is COc1ccc(C2C(C(=O)OCc3ccccc3)=C(C)Nc3nnnn32)c(OCc2ccccc2)c1. The number of nitrogens with one attached hydrogen (secondary N) is 1. The van der Waals surface area contributed by atoms with Crippen LogP contribution in [0.1, 0.15) is 29.7 Å². The fraction of sp³-hybridized carbons (Fsp3) is 0.185. The van der Waals surface area contributed by atoms with Gasteiger partial charge < -0.3 is 19.5 Å². The van der Waals surface area contributed by atoms with Crippen LogP contribution in [0.2, 0.25) is 0 Å². The predicted octanol–water partition coefficient (Wildman–Crippen LogP) is 4.29. The number of ether oxygens (including phenoxy) is 3. The van der Waals surface area contributed by atoms with Crippen LogP contribution in [0.5, 0.6) is 11.5 Å². The lowest BCUT2D eigenvalue weighted by molar-refractivity contribution is -0.140. The lowest BCUT2D eigenvalue weighted by Gasteiger charge is -2.28. The van der Waals surface area contributed by atoms with Crippen molar-refractivity contribution in [1.29, 1.82) is 0 Å². The predicted molar refractivity (Wildman–Crippen MR) is 132 cm³/mol. The van der Waals surface area contributed by atoms with Crippen molar-refractivity contribution in [3.05, 3.63) is 107 Å². The number of carbonyl (C=O) groups excluding carboxylic acids is 1. The first kappa shape index (κ1) is 23.1. The molecule has 0 fully saturated rings. The number of benzene rings is 3. The Bertz CT molecular complexity index is 1390. The largest absolute Gasteiger partial charge is 0.497 e. The summed E-state index contributed by atoms with van der Waals surface area (Å²) in [5.41, 5.74) is 3.59. The molecule has 9 heteroatoms. The first-order chi connectivity index (χ1) is 17.6. The molecule has 0 saturated heterocycles. The number of rotatable bonds is 8. The van der Waals surface area contributed by atoms with Gasteiger partial charge in [-0.2, -0.15) is 4.68 Å². The molecular weight excluding hydrogens is 458 g/mol. The van der Waals surface area contributed by atoms with Crippen molar-refractivity contribution in [1.82, 2.24) is 20.2 Å². The highest BCUT2D eigenvalue weighted by Gasteiger charge is 2.36. The smallest absolute Gasteiger partial charge is 0.338 e. The number of nitrogens with zero attached hydrogens (tertiary/aromatic N) is 4. The van der Waals surface area contributed by atoms with E-state index in [1.54, 1.807) is 24.8 Å². The second-order valence-corrected chi connectivity index (χ2v) is 8.25. The summed E-state index contributed by atoms with van der Waals surface area (Å²) in [4.78, 5) is 13.4. The number of hydrogen-bond acceptors (Lipinski definition) is 8. The van der Waals surface area contributed by atoms with Crippen molar-refractivity contribution in [2.24, 2.45) is 0 Å². The first-order valence-corrected chi connectivity index (χ1v) is 11.5. The van der Waals surface area contributed by atoms with E-state index in [1.165, 1.54) is 0 Å². The van der Waals surface area contributed by atoms with Crippen LogP contribution in [0.15, 0.2) is 90.1 Å². The normalized spacial score (nSPS) is 14.6. The topological polar surface area (TPSA) is 100 Å². The van der Waals surface area contributed by atoms with Crippen LogP contribution < -0.4 is 14.8 Å². The summed E-state index contributed by atoms with van der Waals surface area (Å²) in [6, 6.07) is 24.2. The van der Waals surface area contributed by atoms with Gasteiger partial charge in [-0.1, -0.05) is 65.8 Å². The van der Waals surface area contributed by atoms with Gasteiger partial charge in [0.2, 0.25) is 5.95 Å². The number of fused-ring (bicyclic) bond motifs is 1. The number of anilines is 1. The van der Waals surface area contributed by atoms with Crippen LogP contribution in [-0.2, 0) is 22.7 Å². The zero-order valence-electron chi connectivity index (χ0n) is 19.9. The van der Waals surface area contributed by atoms with Crippen molar-refractivity contribution in [2.75, 3.05) is 12.4 Å². The van der Waals surface area contributed by atoms with E-state index in [0.29, 0.717) is 40.9 Å². The van der Waals surface area contributed by atoms with Gasteiger partial charge in [0.1, 0.15) is 30.8 Å². The Labute approximate surface area is 208 Å². The lowest BCUT2D eigenvalue weighted by atomic mass is 9.94. The van der Waals surface area contributed by atoms with E-state index in [4.69, 9.17) is 14.2 Å². The summed E-state index contributed by atoms with van der Waals surface area (Å²) >= 11 is 0. The van der Waals surface area contributed by atoms with Crippen molar-refractivity contribution < 1.29 is 19.0 Å². The minimum Gasteiger partial charge on any atom is -0.497 e. The molecule has 5 rings (SSSR count). The Morgan fingerprint density at radius 1 is 0.972 bits per heavy atom. The highest BCUT2D eigenvalue weighted by molar-refractivity contribution is 5.92. The van der Waals surface area contributed by atoms with Crippen LogP contribution >= 0.6 is 0 Å². The standard InChI is InChI=1S/C27H25N5O4/c1-18-24(26(33)36-17-20-11-7-4-8-12-20)25(32-27(28-18)29-30-31-32)22-14-13-21(34-2)15-23(22)35-16-19-9-5-3-6-10-19/h3-15,25H,16-17H2,1-2H3,(H,28,29,31). The van der Waals surface area contributed by atoms with Crippen LogP contribution in [0.4, 0.5) is 5.95 Å². The molecule has 9 nitrogen and oxygen atoms in total. The van der Waals surface area contributed by atoms with E-state index in [-0.39, 0.29) is 6.61 Å². The van der Waals surface area contributed by atoms with Gasteiger partial charge in [-0.25, -0.2) is 4.79 Å². The van der Waals surface area contributed by atoms with Crippen LogP contribution in [0, 0.1) is 0 Å². The van der Waals surface area contributed by atoms with Gasteiger partial charge in [0.15, 0.2) is 0 Å². The maximum atomic E-state index is 13.4. The molecule has 1 aromatic heterocycles. The minimum atomic E-state index is -0.670. The minimum absolute atomic E-state index is 0.144. The summed E-state index contributed by atoms with van der Waals surface area (Å²) in [6.07, 6.45) is 0. The molecule has 1 unspecified atom stereocenters. The molecule has 0 bridgehead atoms. The summed E-state index contributed by atoms with van der Waals surface area (Å²) in [5.74, 6) is 1.12. The molecule has 2 heterocycles. The number of esters is 1. The Hall–Kier alpha value is -4.66. The van der Waals surface area contributed by atoms with E-state index in [1.807, 2.05) is 72.8 Å².